The summed E-state index contributed by atoms with van der Waals surface area (Å²) < 4.78 is 56.4. The van der Waals surface area contributed by atoms with Gasteiger partial charge in [-0.25, -0.2) is 19.4 Å². The van der Waals surface area contributed by atoms with Gasteiger partial charge in [-0.3, -0.25) is 38.4 Å². The standard InChI is InChI=1S/C73H102N10O26/c1-9-73(99)49-37-53-60-47(38-83(53)68(94)48(49)40-106-71(73)97)45(46-12-10-11-13-50(46)79-60)20-24-82(42(4)5)72(98)107-39-44-14-15-51(54(36-44)108-70-63(90)61(88)62(89)64(109-70)69(95)96)80-65(91)43(6)77-67(93)59(41(2)3)81-57(86)17-16-52(66(92)76-23-27-103-32-33-105-35-34-104-29-28-100-8)78-58(87)21-25-101-30-31-102-26-22-75-56(85)19-18-55(84)74-7/h10-15,36-37,41-43,52,59,61-64,70,88-90,99H,9,16-35,38-40H2,1-8H3,(H,74,84)(H,75,85)(H,76,92)(H,77,93)(H,78,87)(H,80,91)(H,81,86)(H,95,96)/t43-,52+,59-,61-,62-,63+,64-,70+,73-/m0/s1. The molecule has 0 bridgehead atoms. The Hall–Kier alpha value is -9.34. The first-order chi connectivity index (χ1) is 52.1. The lowest BCUT2D eigenvalue weighted by Gasteiger charge is -2.38. The smallest absolute Gasteiger partial charge is 0.410 e. The molecule has 4 aromatic rings. The number of carboxylic acid groups (broad SMARTS) is 1. The number of carbonyl (C=O) groups excluding carboxylic acids is 9. The predicted octanol–water partition coefficient (Wildman–Crippen LogP) is -0.333. The zero-order valence-corrected chi connectivity index (χ0v) is 62.5. The number of rotatable bonds is 45. The Morgan fingerprint density at radius 3 is 2.00 bits per heavy atom. The number of carboxylic acids is 1. The van der Waals surface area contributed by atoms with E-state index in [1.807, 2.05) is 24.3 Å². The van der Waals surface area contributed by atoms with Crippen LogP contribution in [0.3, 0.4) is 0 Å². The number of carbonyl (C=O) groups is 10. The largest absolute Gasteiger partial charge is 0.479 e. The van der Waals surface area contributed by atoms with Gasteiger partial charge < -0.3 is 120 Å². The summed E-state index contributed by atoms with van der Waals surface area (Å²) in [5.74, 6) is -7.68. The van der Waals surface area contributed by atoms with E-state index in [0.29, 0.717) is 48.9 Å². The number of fused-ring (bicyclic) bond motifs is 5. The SMILES string of the molecule is CC[C@@]1(O)C(=O)OCc2c1cc1n(c2=O)Cc2c-1nc1ccccc1c2CCN(C(=O)OCc1ccc(NC(=O)[C@H](C)NC(=O)[C@@H](NC(=O)CC[C@@H](NC(=O)CCOCCOCCNC(=O)CCC(=O)NC)C(=O)NCCOCCOCCOCCOC)C(C)C)c(O[C@@H]2O[C@H](C(=O)O)[C@@H](O)[C@H](O)[C@H]2O)c1)C(C)C. The fourth-order valence-electron chi connectivity index (χ4n) is 12.0. The summed E-state index contributed by atoms with van der Waals surface area (Å²) in [5.41, 5.74) is 0.815. The molecule has 8 amide bonds. The van der Waals surface area contributed by atoms with Gasteiger partial charge in [0, 0.05) is 82.0 Å². The minimum atomic E-state index is -2.10. The normalized spacial score (nSPS) is 18.6. The van der Waals surface area contributed by atoms with Crippen molar-refractivity contribution < 1.29 is 121 Å². The number of nitrogens with one attached hydrogen (secondary N) is 7. The molecule has 600 valence electrons. The topological polar surface area (TPSA) is 486 Å². The molecule has 2 aromatic heterocycles. The van der Waals surface area contributed by atoms with Gasteiger partial charge in [0.25, 0.3) is 5.56 Å². The molecular formula is C73H102N10O26. The molecule has 5 heterocycles. The van der Waals surface area contributed by atoms with Crippen LogP contribution >= 0.6 is 0 Å². The maximum atomic E-state index is 14.2. The maximum Gasteiger partial charge on any atom is 0.410 e. The van der Waals surface area contributed by atoms with E-state index in [9.17, 15) is 78.3 Å². The second-order valence-electron chi connectivity index (χ2n) is 26.6. The summed E-state index contributed by atoms with van der Waals surface area (Å²) in [4.78, 5) is 152. The molecule has 0 radical (unpaired) electrons. The van der Waals surface area contributed by atoms with Crippen molar-refractivity contribution in [1.29, 1.82) is 0 Å². The van der Waals surface area contributed by atoms with E-state index < -0.39 is 126 Å². The van der Waals surface area contributed by atoms with Crippen molar-refractivity contribution in [1.82, 2.24) is 46.4 Å². The summed E-state index contributed by atoms with van der Waals surface area (Å²) in [7, 11) is 3.04. The molecule has 12 N–H and O–H groups in total. The van der Waals surface area contributed by atoms with E-state index in [1.54, 1.807) is 47.8 Å². The second kappa shape index (κ2) is 42.6. The second-order valence-corrected chi connectivity index (χ2v) is 26.6. The highest BCUT2D eigenvalue weighted by atomic mass is 16.7. The maximum absolute atomic E-state index is 14.2. The molecule has 109 heavy (non-hydrogen) atoms. The number of aliphatic hydroxyl groups excluding tert-OH is 3. The molecule has 36 heteroatoms. The molecule has 0 saturated carbocycles. The van der Waals surface area contributed by atoms with E-state index in [0.717, 1.165) is 10.9 Å². The van der Waals surface area contributed by atoms with Crippen LogP contribution in [-0.4, -0.2) is 261 Å². The first-order valence-corrected chi connectivity index (χ1v) is 36.2. The average Bonchev–Trinajstić information content (AvgIpc) is 1.60. The molecule has 1 saturated heterocycles. The van der Waals surface area contributed by atoms with Gasteiger partial charge in [0.1, 0.15) is 55.4 Å². The van der Waals surface area contributed by atoms with Gasteiger partial charge in [-0.2, -0.15) is 0 Å². The number of esters is 1. The molecule has 0 aliphatic carbocycles. The lowest BCUT2D eigenvalue weighted by atomic mass is 9.86. The Kier molecular flexibility index (Phi) is 33.9. The molecule has 3 aliphatic heterocycles. The number of benzene rings is 2. The number of ether oxygens (including phenoxy) is 10. The first kappa shape index (κ1) is 86.9. The van der Waals surface area contributed by atoms with E-state index in [1.165, 1.54) is 41.6 Å². The van der Waals surface area contributed by atoms with Gasteiger partial charge in [-0.1, -0.05) is 45.0 Å². The Morgan fingerprint density at radius 1 is 0.706 bits per heavy atom. The number of hydrogen-bond acceptors (Lipinski definition) is 26. The number of anilines is 1. The summed E-state index contributed by atoms with van der Waals surface area (Å²) in [5, 5.41) is 72.6. The Bertz CT molecular complexity index is 3880. The number of pyridine rings is 2. The van der Waals surface area contributed by atoms with E-state index in [-0.39, 0.29) is 164 Å². The van der Waals surface area contributed by atoms with Crippen LogP contribution in [0.25, 0.3) is 22.3 Å². The minimum absolute atomic E-state index is 0.0263. The van der Waals surface area contributed by atoms with Gasteiger partial charge in [-0.15, -0.1) is 0 Å². The number of para-hydroxylation sites is 1. The molecule has 7 rings (SSSR count). The number of amides is 8. The molecule has 2 aromatic carbocycles. The van der Waals surface area contributed by atoms with Crippen molar-refractivity contribution in [3.8, 4) is 17.1 Å². The zero-order chi connectivity index (χ0) is 79.5. The molecule has 3 aliphatic rings. The van der Waals surface area contributed by atoms with Crippen LogP contribution in [-0.2, 0) is 118 Å². The Morgan fingerprint density at radius 2 is 1.35 bits per heavy atom. The van der Waals surface area contributed by atoms with Crippen molar-refractivity contribution in [2.75, 3.05) is 112 Å². The van der Waals surface area contributed by atoms with Crippen molar-refractivity contribution in [3.63, 3.8) is 0 Å². The van der Waals surface area contributed by atoms with Gasteiger partial charge in [0.2, 0.25) is 47.6 Å². The third-order valence-corrected chi connectivity index (χ3v) is 18.2. The molecular weight excluding hydrogens is 1430 g/mol. The average molecular weight is 1540 g/mol. The molecule has 36 nitrogen and oxygen atoms in total. The van der Waals surface area contributed by atoms with E-state index >= 15 is 0 Å². The fraction of sp³-hybridized carbons (Fsp3) is 0.589. The van der Waals surface area contributed by atoms with Crippen LogP contribution < -0.4 is 47.5 Å². The highest BCUT2D eigenvalue weighted by molar-refractivity contribution is 5.99. The number of hydrogen-bond donors (Lipinski definition) is 12. The summed E-state index contributed by atoms with van der Waals surface area (Å²) in [6.07, 6.45) is -11.6. The van der Waals surface area contributed by atoms with Gasteiger partial charge in [0.15, 0.2) is 11.7 Å². The number of aliphatic carboxylic acids is 1. The van der Waals surface area contributed by atoms with Crippen LogP contribution in [0.2, 0.25) is 0 Å². The molecule has 0 unspecified atom stereocenters. The predicted molar refractivity (Wildman–Crippen MR) is 386 cm³/mol. The van der Waals surface area contributed by atoms with Crippen molar-refractivity contribution in [2.45, 2.75) is 167 Å². The fourth-order valence-corrected chi connectivity index (χ4v) is 12.0. The number of methoxy groups -OCH3 is 1. The number of cyclic esters (lactones) is 1. The third-order valence-electron chi connectivity index (χ3n) is 18.2. The molecule has 1 fully saturated rings. The Balaban J connectivity index is 0.978. The van der Waals surface area contributed by atoms with Crippen molar-refractivity contribution in [2.24, 2.45) is 5.92 Å². The van der Waals surface area contributed by atoms with Crippen LogP contribution in [0.5, 0.6) is 5.75 Å². The van der Waals surface area contributed by atoms with Gasteiger partial charge in [-0.05, 0) is 81.3 Å². The van der Waals surface area contributed by atoms with Gasteiger partial charge in [0.05, 0.1) is 107 Å². The van der Waals surface area contributed by atoms with Crippen LogP contribution in [0, 0.1) is 5.92 Å². The highest BCUT2D eigenvalue weighted by Crippen LogP contribution is 2.41. The number of aromatic nitrogens is 2. The molecule has 9 atom stereocenters. The lowest BCUT2D eigenvalue weighted by Crippen LogP contribution is -2.61. The summed E-state index contributed by atoms with van der Waals surface area (Å²) in [6, 6.07) is 8.64. The minimum Gasteiger partial charge on any atom is -0.479 e. The van der Waals surface area contributed by atoms with Gasteiger partial charge >= 0.3 is 18.0 Å². The van der Waals surface area contributed by atoms with E-state index in [2.05, 4.69) is 37.2 Å². The number of aliphatic hydroxyl groups is 4. The Labute approximate surface area is 629 Å². The van der Waals surface area contributed by atoms with Crippen LogP contribution in [0.4, 0.5) is 10.5 Å². The van der Waals surface area contributed by atoms with Crippen molar-refractivity contribution >= 4 is 76.0 Å². The van der Waals surface area contributed by atoms with E-state index in [4.69, 9.17) is 52.4 Å². The summed E-state index contributed by atoms with van der Waals surface area (Å²) in [6.45, 7) is 11.9. The lowest BCUT2D eigenvalue weighted by molar-refractivity contribution is -0.271. The monoisotopic (exact) mass is 1530 g/mol. The van der Waals surface area contributed by atoms with Crippen LogP contribution in [0.15, 0.2) is 53.3 Å². The number of nitrogens with zero attached hydrogens (tertiary/aromatic N) is 3. The zero-order valence-electron chi connectivity index (χ0n) is 62.5. The highest BCUT2D eigenvalue weighted by Gasteiger charge is 2.49. The molecule has 0 spiro atoms. The third kappa shape index (κ3) is 24.3. The quantitative estimate of drug-likeness (QED) is 0.0175. The first-order valence-electron chi connectivity index (χ1n) is 36.2. The van der Waals surface area contributed by atoms with Crippen LogP contribution in [0.1, 0.15) is 108 Å². The summed E-state index contributed by atoms with van der Waals surface area (Å²) >= 11 is 0. The van der Waals surface area contributed by atoms with Crippen molar-refractivity contribution in [3.05, 3.63) is 86.7 Å².